The molecule has 4 aliphatic rings. The Kier molecular flexibility index (Phi) is 5.43. The third-order valence-corrected chi connectivity index (χ3v) is 9.74. The smallest absolute Gasteiger partial charge is 0.181 e. The van der Waals surface area contributed by atoms with Crippen LogP contribution in [0.5, 0.6) is 0 Å². The Morgan fingerprint density at radius 2 is 1.86 bits per heavy atom. The molecule has 1 nitrogen and oxygen atoms in total. The second-order valence-corrected chi connectivity index (χ2v) is 11.6. The van der Waals surface area contributed by atoms with E-state index in [9.17, 15) is 4.79 Å². The van der Waals surface area contributed by atoms with E-state index in [1.54, 1.807) is 0 Å². The van der Waals surface area contributed by atoms with Crippen molar-refractivity contribution in [2.24, 2.45) is 46.3 Å². The Bertz CT molecular complexity index is 670. The summed E-state index contributed by atoms with van der Waals surface area (Å²) in [5.74, 6) is 5.31. The summed E-state index contributed by atoms with van der Waals surface area (Å²) < 4.78 is 0. The van der Waals surface area contributed by atoms with Crippen molar-refractivity contribution in [2.45, 2.75) is 92.4 Å². The molecule has 0 spiro atoms. The summed E-state index contributed by atoms with van der Waals surface area (Å²) in [6.45, 7) is 12.3. The van der Waals surface area contributed by atoms with Gasteiger partial charge >= 0.3 is 0 Å². The first kappa shape index (κ1) is 20.4. The van der Waals surface area contributed by atoms with Gasteiger partial charge in [0.25, 0.3) is 0 Å². The van der Waals surface area contributed by atoms with E-state index >= 15 is 0 Å². The molecular weight excluding hydrogens is 340 g/mol. The van der Waals surface area contributed by atoms with Crippen LogP contribution in [0.3, 0.4) is 0 Å². The van der Waals surface area contributed by atoms with Gasteiger partial charge in [0.15, 0.2) is 5.78 Å². The normalized spacial score (nSPS) is 43.4. The van der Waals surface area contributed by atoms with Crippen LogP contribution in [0.15, 0.2) is 23.8 Å². The fourth-order valence-corrected chi connectivity index (χ4v) is 8.26. The molecule has 0 bridgehead atoms. The summed E-state index contributed by atoms with van der Waals surface area (Å²) in [4.78, 5) is 12.5. The molecule has 0 aromatic rings. The van der Waals surface area contributed by atoms with Crippen molar-refractivity contribution in [1.82, 2.24) is 0 Å². The van der Waals surface area contributed by atoms with Crippen molar-refractivity contribution in [3.8, 4) is 0 Å². The molecule has 28 heavy (non-hydrogen) atoms. The van der Waals surface area contributed by atoms with Gasteiger partial charge < -0.3 is 0 Å². The molecule has 1 heteroatoms. The zero-order chi connectivity index (χ0) is 20.1. The van der Waals surface area contributed by atoms with Gasteiger partial charge in [0, 0.05) is 11.0 Å². The van der Waals surface area contributed by atoms with Gasteiger partial charge in [0.1, 0.15) is 0 Å². The molecular formula is C27H42O. The maximum atomic E-state index is 12.5. The Morgan fingerprint density at radius 1 is 1.07 bits per heavy atom. The second kappa shape index (κ2) is 7.44. The third-order valence-electron chi connectivity index (χ3n) is 9.74. The zero-order valence-electron chi connectivity index (χ0n) is 19.0. The molecule has 2 fully saturated rings. The van der Waals surface area contributed by atoms with Crippen molar-refractivity contribution in [3.63, 3.8) is 0 Å². The van der Waals surface area contributed by atoms with Crippen LogP contribution < -0.4 is 0 Å². The molecule has 0 aromatic heterocycles. The van der Waals surface area contributed by atoms with Gasteiger partial charge in [-0.2, -0.15) is 0 Å². The SMILES string of the molecule is CC(C)CCCC(C)C1CCC2C3CC=C4C(=O)C=CCC4(C)C3CCC12C. The van der Waals surface area contributed by atoms with E-state index in [-0.39, 0.29) is 5.41 Å². The van der Waals surface area contributed by atoms with E-state index in [1.165, 1.54) is 44.9 Å². The number of carbonyl (C=O) groups excluding carboxylic acids is 1. The summed E-state index contributed by atoms with van der Waals surface area (Å²) in [5, 5.41) is 0. The minimum Gasteiger partial charge on any atom is -0.290 e. The molecule has 0 aliphatic heterocycles. The van der Waals surface area contributed by atoms with Gasteiger partial charge in [-0.05, 0) is 85.5 Å². The predicted molar refractivity (Wildman–Crippen MR) is 118 cm³/mol. The van der Waals surface area contributed by atoms with Gasteiger partial charge in [-0.25, -0.2) is 0 Å². The zero-order valence-corrected chi connectivity index (χ0v) is 19.0. The van der Waals surface area contributed by atoms with Crippen LogP contribution >= 0.6 is 0 Å². The largest absolute Gasteiger partial charge is 0.290 e. The summed E-state index contributed by atoms with van der Waals surface area (Å²) in [6, 6.07) is 0. The summed E-state index contributed by atoms with van der Waals surface area (Å²) in [7, 11) is 0. The maximum Gasteiger partial charge on any atom is 0.181 e. The van der Waals surface area contributed by atoms with Crippen molar-refractivity contribution in [1.29, 1.82) is 0 Å². The summed E-state index contributed by atoms with van der Waals surface area (Å²) in [5.41, 5.74) is 1.79. The molecule has 0 aromatic carbocycles. The van der Waals surface area contributed by atoms with Gasteiger partial charge in [-0.3, -0.25) is 4.79 Å². The minimum absolute atomic E-state index is 0.108. The van der Waals surface area contributed by atoms with Gasteiger partial charge in [0.2, 0.25) is 0 Å². The van der Waals surface area contributed by atoms with Crippen LogP contribution in [0.2, 0.25) is 0 Å². The molecule has 4 rings (SSSR count). The lowest BCUT2D eigenvalue weighted by Gasteiger charge is -2.57. The topological polar surface area (TPSA) is 17.1 Å². The van der Waals surface area contributed by atoms with E-state index in [0.717, 1.165) is 53.9 Å². The fraction of sp³-hybridized carbons (Fsp3) is 0.815. The van der Waals surface area contributed by atoms with E-state index in [4.69, 9.17) is 0 Å². The summed E-state index contributed by atoms with van der Waals surface area (Å²) in [6.07, 6.45) is 18.4. The fourth-order valence-electron chi connectivity index (χ4n) is 8.26. The number of fused-ring (bicyclic) bond motifs is 5. The van der Waals surface area contributed by atoms with Crippen LogP contribution in [0.25, 0.3) is 0 Å². The quantitative estimate of drug-likeness (QED) is 0.485. The Morgan fingerprint density at radius 3 is 2.61 bits per heavy atom. The van der Waals surface area contributed by atoms with Crippen molar-refractivity contribution >= 4 is 5.78 Å². The highest BCUT2D eigenvalue weighted by molar-refractivity contribution is 6.06. The molecule has 0 saturated heterocycles. The molecule has 0 heterocycles. The first-order chi connectivity index (χ1) is 13.3. The molecule has 156 valence electrons. The first-order valence-electron chi connectivity index (χ1n) is 12.2. The number of hydrogen-bond acceptors (Lipinski definition) is 1. The van der Waals surface area contributed by atoms with E-state index in [2.05, 4.69) is 46.8 Å². The van der Waals surface area contributed by atoms with E-state index < -0.39 is 0 Å². The molecule has 7 unspecified atom stereocenters. The van der Waals surface area contributed by atoms with E-state index in [0.29, 0.717) is 11.2 Å². The van der Waals surface area contributed by atoms with Crippen LogP contribution in [0.4, 0.5) is 0 Å². The number of allylic oxidation sites excluding steroid dienone is 4. The van der Waals surface area contributed by atoms with Gasteiger partial charge in [0.05, 0.1) is 0 Å². The van der Waals surface area contributed by atoms with E-state index in [1.807, 2.05) is 6.08 Å². The molecule has 0 N–H and O–H groups in total. The van der Waals surface area contributed by atoms with Crippen molar-refractivity contribution in [2.75, 3.05) is 0 Å². The molecule has 7 atom stereocenters. The number of ketones is 1. The average molecular weight is 383 g/mol. The van der Waals surface area contributed by atoms with Crippen molar-refractivity contribution in [3.05, 3.63) is 23.8 Å². The number of rotatable bonds is 5. The predicted octanol–water partition coefficient (Wildman–Crippen LogP) is 7.37. The average Bonchev–Trinajstić information content (AvgIpc) is 2.98. The number of hydrogen-bond donors (Lipinski definition) is 0. The highest BCUT2D eigenvalue weighted by Crippen LogP contribution is 2.66. The van der Waals surface area contributed by atoms with Crippen molar-refractivity contribution < 1.29 is 4.79 Å². The minimum atomic E-state index is 0.108. The van der Waals surface area contributed by atoms with Crippen LogP contribution in [0.1, 0.15) is 92.4 Å². The first-order valence-corrected chi connectivity index (χ1v) is 12.2. The maximum absolute atomic E-state index is 12.5. The van der Waals surface area contributed by atoms with Gasteiger partial charge in [-0.15, -0.1) is 0 Å². The molecule has 4 aliphatic carbocycles. The number of carbonyl (C=O) groups is 1. The highest BCUT2D eigenvalue weighted by Gasteiger charge is 2.59. The van der Waals surface area contributed by atoms with Crippen LogP contribution in [-0.2, 0) is 4.79 Å². The molecule has 2 saturated carbocycles. The second-order valence-electron chi connectivity index (χ2n) is 11.6. The van der Waals surface area contributed by atoms with Crippen LogP contribution in [0, 0.1) is 46.3 Å². The lowest BCUT2D eigenvalue weighted by molar-refractivity contribution is -0.115. The summed E-state index contributed by atoms with van der Waals surface area (Å²) >= 11 is 0. The standard InChI is InChI=1S/C27H42O/c1-18(2)8-6-9-19(3)21-13-14-22-20-11-12-24-25(28)10-7-16-26(24,4)23(20)15-17-27(21,22)5/h7,10,12,18-23H,6,8-9,11,13-17H2,1-5H3. The molecule has 0 amide bonds. The van der Waals surface area contributed by atoms with Crippen LogP contribution in [-0.4, -0.2) is 5.78 Å². The highest BCUT2D eigenvalue weighted by atomic mass is 16.1. The lowest BCUT2D eigenvalue weighted by Crippen LogP contribution is -2.50. The lowest BCUT2D eigenvalue weighted by atomic mass is 9.47. The third kappa shape index (κ3) is 3.16. The Hall–Kier alpha value is -0.850. The monoisotopic (exact) mass is 382 g/mol. The Labute approximate surface area is 173 Å². The Balaban J connectivity index is 1.52. The van der Waals surface area contributed by atoms with Gasteiger partial charge in [-0.1, -0.05) is 66.0 Å². The molecule has 0 radical (unpaired) electrons.